The second-order valence-corrected chi connectivity index (χ2v) is 8.55. The number of anilines is 1. The lowest BCUT2D eigenvalue weighted by molar-refractivity contribution is 0.102. The molecule has 1 N–H and O–H groups in total. The Morgan fingerprint density at radius 2 is 1.65 bits per heavy atom. The third-order valence-electron chi connectivity index (χ3n) is 4.68. The minimum atomic E-state index is -3.53. The fraction of sp³-hybridized carbons (Fsp3) is 0.350. The van der Waals surface area contributed by atoms with Gasteiger partial charge in [0.15, 0.2) is 0 Å². The molecule has 3 rings (SSSR count). The molecule has 0 radical (unpaired) electrons. The van der Waals surface area contributed by atoms with Crippen LogP contribution in [-0.2, 0) is 10.0 Å². The largest absolute Gasteiger partial charge is 0.322 e. The lowest BCUT2D eigenvalue weighted by Gasteiger charge is -2.20. The number of nitrogens with one attached hydrogen (secondary N) is 1. The van der Waals surface area contributed by atoms with Gasteiger partial charge in [0.1, 0.15) is 0 Å². The Morgan fingerprint density at radius 3 is 2.35 bits per heavy atom. The van der Waals surface area contributed by atoms with Crippen molar-refractivity contribution in [2.45, 2.75) is 37.5 Å². The van der Waals surface area contributed by atoms with Gasteiger partial charge in [0, 0.05) is 24.3 Å². The summed E-state index contributed by atoms with van der Waals surface area (Å²) >= 11 is 0. The number of rotatable bonds is 4. The predicted octanol–water partition coefficient (Wildman–Crippen LogP) is 3.81. The highest BCUT2D eigenvalue weighted by atomic mass is 32.2. The molecule has 0 aliphatic carbocycles. The number of amides is 1. The molecular weight excluding hydrogens is 348 g/mol. The van der Waals surface area contributed by atoms with Gasteiger partial charge < -0.3 is 5.32 Å². The van der Waals surface area contributed by atoms with E-state index in [0.717, 1.165) is 31.2 Å². The van der Waals surface area contributed by atoms with Crippen molar-refractivity contribution in [1.29, 1.82) is 0 Å². The molecule has 1 aliphatic heterocycles. The molecule has 2 aromatic rings. The average molecular weight is 372 g/mol. The van der Waals surface area contributed by atoms with Crippen LogP contribution in [0.15, 0.2) is 53.4 Å². The van der Waals surface area contributed by atoms with Crippen molar-refractivity contribution in [2.75, 3.05) is 18.4 Å². The van der Waals surface area contributed by atoms with Gasteiger partial charge in [-0.3, -0.25) is 4.79 Å². The highest BCUT2D eigenvalue weighted by Crippen LogP contribution is 2.23. The van der Waals surface area contributed by atoms with E-state index >= 15 is 0 Å². The number of carbonyl (C=O) groups is 1. The van der Waals surface area contributed by atoms with E-state index in [9.17, 15) is 13.2 Å². The van der Waals surface area contributed by atoms with E-state index in [4.69, 9.17) is 0 Å². The van der Waals surface area contributed by atoms with Crippen LogP contribution in [-0.4, -0.2) is 31.7 Å². The van der Waals surface area contributed by atoms with E-state index in [0.29, 0.717) is 24.3 Å². The van der Waals surface area contributed by atoms with Gasteiger partial charge in [0.2, 0.25) is 10.0 Å². The van der Waals surface area contributed by atoms with Crippen molar-refractivity contribution in [2.24, 2.45) is 0 Å². The normalized spacial score (nSPS) is 16.0. The van der Waals surface area contributed by atoms with Crippen LogP contribution in [0.4, 0.5) is 5.69 Å². The number of hydrogen-bond acceptors (Lipinski definition) is 3. The van der Waals surface area contributed by atoms with E-state index in [-0.39, 0.29) is 10.8 Å². The number of sulfonamides is 1. The second kappa shape index (κ2) is 8.01. The first-order chi connectivity index (χ1) is 12.5. The number of aryl methyl sites for hydroxylation is 1. The Morgan fingerprint density at radius 1 is 0.962 bits per heavy atom. The van der Waals surface area contributed by atoms with E-state index in [2.05, 4.69) is 5.32 Å². The highest BCUT2D eigenvalue weighted by Gasteiger charge is 2.25. The van der Waals surface area contributed by atoms with Crippen LogP contribution >= 0.6 is 0 Å². The monoisotopic (exact) mass is 372 g/mol. The van der Waals surface area contributed by atoms with Crippen LogP contribution in [0, 0.1) is 6.92 Å². The molecule has 1 fully saturated rings. The van der Waals surface area contributed by atoms with Crippen LogP contribution in [0.5, 0.6) is 0 Å². The molecule has 0 saturated carbocycles. The first-order valence-corrected chi connectivity index (χ1v) is 10.4. The van der Waals surface area contributed by atoms with Gasteiger partial charge >= 0.3 is 0 Å². The summed E-state index contributed by atoms with van der Waals surface area (Å²) < 4.78 is 27.4. The second-order valence-electron chi connectivity index (χ2n) is 6.62. The molecule has 1 aliphatic rings. The summed E-state index contributed by atoms with van der Waals surface area (Å²) in [5.74, 6) is -0.243. The summed E-state index contributed by atoms with van der Waals surface area (Å²) in [6, 6.07) is 13.8. The number of carbonyl (C=O) groups excluding carboxylic acids is 1. The summed E-state index contributed by atoms with van der Waals surface area (Å²) in [5.41, 5.74) is 1.93. The Labute approximate surface area is 155 Å². The molecule has 0 spiro atoms. The predicted molar refractivity (Wildman–Crippen MR) is 103 cm³/mol. The van der Waals surface area contributed by atoms with Gasteiger partial charge in [0.25, 0.3) is 5.91 Å². The molecule has 26 heavy (non-hydrogen) atoms. The van der Waals surface area contributed by atoms with Crippen molar-refractivity contribution < 1.29 is 13.2 Å². The zero-order valence-corrected chi connectivity index (χ0v) is 15.8. The molecule has 0 bridgehead atoms. The molecule has 0 aromatic heterocycles. The molecule has 0 unspecified atom stereocenters. The van der Waals surface area contributed by atoms with E-state index < -0.39 is 10.0 Å². The average Bonchev–Trinajstić information content (AvgIpc) is 2.92. The fourth-order valence-electron chi connectivity index (χ4n) is 3.19. The van der Waals surface area contributed by atoms with Gasteiger partial charge in [-0.1, -0.05) is 37.1 Å². The van der Waals surface area contributed by atoms with E-state index in [1.54, 1.807) is 28.6 Å². The van der Waals surface area contributed by atoms with Gasteiger partial charge in [-0.25, -0.2) is 8.42 Å². The fourth-order valence-corrected chi connectivity index (χ4v) is 4.75. The summed E-state index contributed by atoms with van der Waals surface area (Å²) in [6.07, 6.45) is 3.92. The van der Waals surface area contributed by atoms with Crippen molar-refractivity contribution in [3.63, 3.8) is 0 Å². The Bertz CT molecular complexity index is 885. The van der Waals surface area contributed by atoms with Gasteiger partial charge in [-0.15, -0.1) is 0 Å². The highest BCUT2D eigenvalue weighted by molar-refractivity contribution is 7.89. The van der Waals surface area contributed by atoms with Crippen LogP contribution in [0.2, 0.25) is 0 Å². The lowest BCUT2D eigenvalue weighted by atomic mass is 10.1. The first-order valence-electron chi connectivity index (χ1n) is 8.96. The maximum atomic E-state index is 12.9. The van der Waals surface area contributed by atoms with Gasteiger partial charge in [0.05, 0.1) is 4.90 Å². The van der Waals surface area contributed by atoms with Crippen molar-refractivity contribution in [3.8, 4) is 0 Å². The minimum Gasteiger partial charge on any atom is -0.322 e. The zero-order chi connectivity index (χ0) is 18.6. The third kappa shape index (κ3) is 4.14. The number of hydrogen-bond donors (Lipinski definition) is 1. The molecule has 138 valence electrons. The Hall–Kier alpha value is -2.18. The first kappa shape index (κ1) is 18.6. The van der Waals surface area contributed by atoms with E-state index in [1.165, 1.54) is 6.07 Å². The quantitative estimate of drug-likeness (QED) is 0.887. The summed E-state index contributed by atoms with van der Waals surface area (Å²) in [7, 11) is -3.53. The molecule has 2 aromatic carbocycles. The maximum absolute atomic E-state index is 12.9. The van der Waals surface area contributed by atoms with Crippen molar-refractivity contribution in [3.05, 3.63) is 59.7 Å². The van der Waals surface area contributed by atoms with Crippen LogP contribution in [0.1, 0.15) is 41.6 Å². The van der Waals surface area contributed by atoms with E-state index in [1.807, 2.05) is 25.1 Å². The molecule has 1 amide bonds. The Kier molecular flexibility index (Phi) is 5.74. The smallest absolute Gasteiger partial charge is 0.255 e. The number of benzene rings is 2. The summed E-state index contributed by atoms with van der Waals surface area (Å²) in [6.45, 7) is 2.99. The SMILES string of the molecule is Cc1ccccc1C(=O)Nc1cccc(S(=O)(=O)N2CCCCCC2)c1. The summed E-state index contributed by atoms with van der Waals surface area (Å²) in [4.78, 5) is 12.7. The Balaban J connectivity index is 1.81. The molecule has 0 atom stereocenters. The minimum absolute atomic E-state index is 0.224. The molecule has 1 heterocycles. The standard InChI is InChI=1S/C20H24N2O3S/c1-16-9-4-5-12-19(16)20(23)21-17-10-8-11-18(15-17)26(24,25)22-13-6-2-3-7-14-22/h4-5,8-12,15H,2-3,6-7,13-14H2,1H3,(H,21,23). The van der Waals surface area contributed by atoms with Crippen LogP contribution in [0.3, 0.4) is 0 Å². The van der Waals surface area contributed by atoms with Crippen LogP contribution < -0.4 is 5.32 Å². The molecule has 1 saturated heterocycles. The van der Waals surface area contributed by atoms with Crippen molar-refractivity contribution in [1.82, 2.24) is 4.31 Å². The van der Waals surface area contributed by atoms with Gasteiger partial charge in [-0.05, 0) is 49.6 Å². The molecule has 5 nitrogen and oxygen atoms in total. The third-order valence-corrected chi connectivity index (χ3v) is 6.58. The van der Waals surface area contributed by atoms with Crippen molar-refractivity contribution >= 4 is 21.6 Å². The molecular formula is C20H24N2O3S. The topological polar surface area (TPSA) is 66.5 Å². The maximum Gasteiger partial charge on any atom is 0.255 e. The molecule has 6 heteroatoms. The lowest BCUT2D eigenvalue weighted by Crippen LogP contribution is -2.32. The van der Waals surface area contributed by atoms with Crippen LogP contribution in [0.25, 0.3) is 0 Å². The van der Waals surface area contributed by atoms with Gasteiger partial charge in [-0.2, -0.15) is 4.31 Å². The summed E-state index contributed by atoms with van der Waals surface area (Å²) in [5, 5.41) is 2.80. The zero-order valence-electron chi connectivity index (χ0n) is 14.9. The number of nitrogens with zero attached hydrogens (tertiary/aromatic N) is 1.